The fraction of sp³-hybridized carbons (Fsp3) is 0.385. The molecule has 0 aliphatic carbocycles. The maximum atomic E-state index is 12.6. The lowest BCUT2D eigenvalue weighted by Crippen LogP contribution is -2.42. The van der Waals surface area contributed by atoms with Crippen LogP contribution in [0.3, 0.4) is 0 Å². The monoisotopic (exact) mass is 298 g/mol. The molecule has 19 heavy (non-hydrogen) atoms. The smallest absolute Gasteiger partial charge is 0.258 e. The summed E-state index contributed by atoms with van der Waals surface area (Å²) in [5, 5.41) is 0.496. The molecule has 1 aromatic carbocycles. The minimum Gasteiger partial charge on any atom is -0.496 e. The summed E-state index contributed by atoms with van der Waals surface area (Å²) in [5.41, 5.74) is 6.13. The van der Waals surface area contributed by atoms with E-state index in [-0.39, 0.29) is 11.9 Å². The summed E-state index contributed by atoms with van der Waals surface area (Å²) in [6, 6.07) is 4.80. The molecule has 2 rings (SSSR count). The summed E-state index contributed by atoms with van der Waals surface area (Å²) < 4.78 is 5.21. The lowest BCUT2D eigenvalue weighted by atomic mass is 10.1. The van der Waals surface area contributed by atoms with E-state index in [2.05, 4.69) is 0 Å². The third kappa shape index (κ3) is 2.82. The molecule has 1 unspecified atom stereocenters. The zero-order valence-electron chi connectivity index (χ0n) is 10.6. The number of ether oxygens (including phenoxy) is 1. The van der Waals surface area contributed by atoms with Gasteiger partial charge in [-0.2, -0.15) is 0 Å². The van der Waals surface area contributed by atoms with E-state index in [0.717, 1.165) is 12.8 Å². The van der Waals surface area contributed by atoms with Gasteiger partial charge in [0.05, 0.1) is 23.7 Å². The van der Waals surface area contributed by atoms with Crippen molar-refractivity contribution in [2.24, 2.45) is 5.73 Å². The van der Waals surface area contributed by atoms with Gasteiger partial charge in [-0.05, 0) is 31.0 Å². The first-order valence-corrected chi connectivity index (χ1v) is 6.77. The number of likely N-dealkylation sites (tertiary alicyclic amines) is 1. The van der Waals surface area contributed by atoms with Crippen LogP contribution in [0.15, 0.2) is 18.2 Å². The first-order valence-electron chi connectivity index (χ1n) is 5.98. The summed E-state index contributed by atoms with van der Waals surface area (Å²) >= 11 is 11.0. The van der Waals surface area contributed by atoms with Gasteiger partial charge in [-0.25, -0.2) is 0 Å². The predicted molar refractivity (Wildman–Crippen MR) is 78.8 cm³/mol. The van der Waals surface area contributed by atoms with Gasteiger partial charge >= 0.3 is 0 Å². The third-order valence-electron chi connectivity index (χ3n) is 3.23. The van der Waals surface area contributed by atoms with Gasteiger partial charge in [0.25, 0.3) is 5.91 Å². The molecule has 1 aliphatic heterocycles. The number of benzene rings is 1. The molecule has 0 radical (unpaired) electrons. The minimum atomic E-state index is -0.175. The molecular weight excluding hydrogens is 284 g/mol. The van der Waals surface area contributed by atoms with E-state index in [4.69, 9.17) is 34.3 Å². The number of methoxy groups -OCH3 is 1. The number of nitrogens with two attached hydrogens (primary N) is 1. The van der Waals surface area contributed by atoms with Crippen LogP contribution in [0.25, 0.3) is 0 Å². The first-order chi connectivity index (χ1) is 9.04. The molecular formula is C13H15ClN2O2S. The van der Waals surface area contributed by atoms with Crippen LogP contribution in [0.5, 0.6) is 5.75 Å². The molecule has 1 aliphatic rings. The topological polar surface area (TPSA) is 55.6 Å². The second-order valence-electron chi connectivity index (χ2n) is 4.40. The Labute approximate surface area is 122 Å². The van der Waals surface area contributed by atoms with E-state index in [1.807, 2.05) is 0 Å². The van der Waals surface area contributed by atoms with Crippen LogP contribution in [-0.2, 0) is 0 Å². The van der Waals surface area contributed by atoms with Crippen molar-refractivity contribution in [2.45, 2.75) is 18.9 Å². The number of nitrogens with zero attached hydrogens (tertiary/aromatic N) is 1. The van der Waals surface area contributed by atoms with Crippen LogP contribution < -0.4 is 10.5 Å². The molecule has 1 amide bonds. The second kappa shape index (κ2) is 5.75. The van der Waals surface area contributed by atoms with Crippen LogP contribution in [0, 0.1) is 0 Å². The molecule has 4 nitrogen and oxygen atoms in total. The van der Waals surface area contributed by atoms with Crippen LogP contribution in [0.4, 0.5) is 0 Å². The molecule has 0 bridgehead atoms. The SMILES string of the molecule is COc1ccc(Cl)cc1C(=O)N1CCCC1C(N)=S. The van der Waals surface area contributed by atoms with E-state index in [1.54, 1.807) is 23.1 Å². The summed E-state index contributed by atoms with van der Waals surface area (Å²) in [5.74, 6) is 0.359. The van der Waals surface area contributed by atoms with Gasteiger partial charge < -0.3 is 15.4 Å². The molecule has 1 aromatic rings. The van der Waals surface area contributed by atoms with Crippen molar-refractivity contribution in [1.29, 1.82) is 0 Å². The van der Waals surface area contributed by atoms with Gasteiger partial charge in [-0.15, -0.1) is 0 Å². The lowest BCUT2D eigenvalue weighted by Gasteiger charge is -2.24. The summed E-state index contributed by atoms with van der Waals surface area (Å²) in [7, 11) is 1.52. The first kappa shape index (κ1) is 14.1. The number of hydrogen-bond acceptors (Lipinski definition) is 3. The van der Waals surface area contributed by atoms with Crippen molar-refractivity contribution >= 4 is 34.7 Å². The Kier molecular flexibility index (Phi) is 4.27. The van der Waals surface area contributed by atoms with Crippen molar-refractivity contribution in [1.82, 2.24) is 4.90 Å². The van der Waals surface area contributed by atoms with Gasteiger partial charge in [-0.1, -0.05) is 23.8 Å². The number of amides is 1. The van der Waals surface area contributed by atoms with Gasteiger partial charge in [0, 0.05) is 11.6 Å². The maximum Gasteiger partial charge on any atom is 0.258 e. The van der Waals surface area contributed by atoms with E-state index < -0.39 is 0 Å². The maximum absolute atomic E-state index is 12.6. The molecule has 0 spiro atoms. The fourth-order valence-electron chi connectivity index (χ4n) is 2.31. The standard InChI is InChI=1S/C13H15ClN2O2S/c1-18-11-5-4-8(14)7-9(11)13(17)16-6-2-3-10(16)12(15)19/h4-5,7,10H,2-3,6H2,1H3,(H2,15,19). The third-order valence-corrected chi connectivity index (χ3v) is 3.74. The highest BCUT2D eigenvalue weighted by atomic mass is 35.5. The fourth-order valence-corrected chi connectivity index (χ4v) is 2.72. The summed E-state index contributed by atoms with van der Waals surface area (Å²) in [6.45, 7) is 0.649. The van der Waals surface area contributed by atoms with Gasteiger partial charge in [0.1, 0.15) is 5.75 Å². The van der Waals surface area contributed by atoms with Crippen molar-refractivity contribution in [2.75, 3.05) is 13.7 Å². The Morgan fingerprint density at radius 2 is 2.32 bits per heavy atom. The highest BCUT2D eigenvalue weighted by molar-refractivity contribution is 7.80. The van der Waals surface area contributed by atoms with Crippen LogP contribution in [0.2, 0.25) is 5.02 Å². The number of carbonyl (C=O) groups is 1. The van der Waals surface area contributed by atoms with Crippen LogP contribution in [0.1, 0.15) is 23.2 Å². The van der Waals surface area contributed by atoms with Crippen molar-refractivity contribution in [3.05, 3.63) is 28.8 Å². The molecule has 0 aromatic heterocycles. The number of carbonyl (C=O) groups excluding carboxylic acids is 1. The largest absolute Gasteiger partial charge is 0.496 e. The molecule has 1 saturated heterocycles. The number of halogens is 1. The van der Waals surface area contributed by atoms with Gasteiger partial charge in [-0.3, -0.25) is 4.79 Å². The van der Waals surface area contributed by atoms with E-state index in [1.165, 1.54) is 7.11 Å². The van der Waals surface area contributed by atoms with E-state index in [0.29, 0.717) is 27.9 Å². The Morgan fingerprint density at radius 3 is 2.95 bits per heavy atom. The second-order valence-corrected chi connectivity index (χ2v) is 5.31. The van der Waals surface area contributed by atoms with Crippen LogP contribution in [-0.4, -0.2) is 35.5 Å². The minimum absolute atomic E-state index is 0.144. The molecule has 1 atom stereocenters. The van der Waals surface area contributed by atoms with E-state index >= 15 is 0 Å². The van der Waals surface area contributed by atoms with Crippen LogP contribution >= 0.6 is 23.8 Å². The molecule has 1 heterocycles. The van der Waals surface area contributed by atoms with Crippen molar-refractivity contribution < 1.29 is 9.53 Å². The highest BCUT2D eigenvalue weighted by Crippen LogP contribution is 2.27. The Bertz CT molecular complexity index is 521. The molecule has 1 fully saturated rings. The highest BCUT2D eigenvalue weighted by Gasteiger charge is 2.32. The Balaban J connectivity index is 2.33. The predicted octanol–water partition coefficient (Wildman–Crippen LogP) is 2.24. The number of thiocarbonyl (C=S) groups is 1. The Hall–Kier alpha value is -1.33. The normalized spacial score (nSPS) is 18.4. The van der Waals surface area contributed by atoms with E-state index in [9.17, 15) is 4.79 Å². The zero-order chi connectivity index (χ0) is 14.0. The molecule has 102 valence electrons. The summed E-state index contributed by atoms with van der Waals surface area (Å²) in [4.78, 5) is 14.6. The average molecular weight is 299 g/mol. The molecule has 0 saturated carbocycles. The Morgan fingerprint density at radius 1 is 1.58 bits per heavy atom. The molecule has 2 N–H and O–H groups in total. The van der Waals surface area contributed by atoms with Crippen molar-refractivity contribution in [3.8, 4) is 5.75 Å². The van der Waals surface area contributed by atoms with Gasteiger partial charge in [0.2, 0.25) is 0 Å². The quantitative estimate of drug-likeness (QED) is 0.870. The zero-order valence-corrected chi connectivity index (χ0v) is 12.1. The summed E-state index contributed by atoms with van der Waals surface area (Å²) in [6.07, 6.45) is 1.71. The number of hydrogen-bond donors (Lipinski definition) is 1. The lowest BCUT2D eigenvalue weighted by molar-refractivity contribution is 0.0767. The average Bonchev–Trinajstić information content (AvgIpc) is 2.87. The van der Waals surface area contributed by atoms with Crippen molar-refractivity contribution in [3.63, 3.8) is 0 Å². The molecule has 6 heteroatoms. The number of rotatable bonds is 3. The van der Waals surface area contributed by atoms with Gasteiger partial charge in [0.15, 0.2) is 0 Å².